The Labute approximate surface area is 120 Å². The zero-order valence-corrected chi connectivity index (χ0v) is 12.6. The molecule has 0 atom stereocenters. The molecular formula is C13H16IN3O. The molecule has 2 aromatic rings. The molecule has 1 aromatic heterocycles. The van der Waals surface area contributed by atoms with E-state index in [1.807, 2.05) is 6.07 Å². The fourth-order valence-corrected chi connectivity index (χ4v) is 2.45. The first kappa shape index (κ1) is 13.2. The fourth-order valence-electron chi connectivity index (χ4n) is 1.92. The Bertz CT molecular complexity index is 551. The van der Waals surface area contributed by atoms with Gasteiger partial charge in [0.25, 0.3) is 0 Å². The maximum Gasteiger partial charge on any atom is 0.159 e. The zero-order valence-electron chi connectivity index (χ0n) is 10.5. The number of hydrogen-bond acceptors (Lipinski definition) is 3. The standard InChI is InChI=1S/C13H16IN3O/c1-3-4-8-5-6-10(18-2)9(7-8)12-11(14)13(15)17-16-12/h5-7H,3-4H2,1-2H3,(H3,15,16,17). The minimum atomic E-state index is 0.522. The van der Waals surface area contributed by atoms with Crippen molar-refractivity contribution >= 4 is 28.4 Å². The molecule has 3 N–H and O–H groups in total. The van der Waals surface area contributed by atoms with Crippen molar-refractivity contribution in [1.29, 1.82) is 0 Å². The number of rotatable bonds is 4. The van der Waals surface area contributed by atoms with Crippen molar-refractivity contribution in [3.8, 4) is 17.0 Å². The van der Waals surface area contributed by atoms with Crippen molar-refractivity contribution in [2.45, 2.75) is 19.8 Å². The van der Waals surface area contributed by atoms with Crippen LogP contribution in [0, 0.1) is 3.57 Å². The number of methoxy groups -OCH3 is 1. The van der Waals surface area contributed by atoms with Crippen LogP contribution < -0.4 is 10.5 Å². The van der Waals surface area contributed by atoms with E-state index >= 15 is 0 Å². The number of ether oxygens (including phenoxy) is 1. The molecule has 0 aliphatic carbocycles. The van der Waals surface area contributed by atoms with Crippen LogP contribution in [0.25, 0.3) is 11.3 Å². The molecule has 0 unspecified atom stereocenters. The van der Waals surface area contributed by atoms with Gasteiger partial charge in [-0.1, -0.05) is 19.4 Å². The van der Waals surface area contributed by atoms with Crippen LogP contribution in [0.3, 0.4) is 0 Å². The van der Waals surface area contributed by atoms with Crippen LogP contribution in [0.15, 0.2) is 18.2 Å². The zero-order chi connectivity index (χ0) is 13.1. The number of aromatic nitrogens is 2. The van der Waals surface area contributed by atoms with Crippen LogP contribution in [0.2, 0.25) is 0 Å². The Kier molecular flexibility index (Phi) is 4.11. The first-order chi connectivity index (χ1) is 8.67. The summed E-state index contributed by atoms with van der Waals surface area (Å²) in [6.45, 7) is 2.17. The lowest BCUT2D eigenvalue weighted by Crippen LogP contribution is -1.93. The number of nitrogens with two attached hydrogens (primary N) is 1. The lowest BCUT2D eigenvalue weighted by Gasteiger charge is -2.09. The van der Waals surface area contributed by atoms with Gasteiger partial charge in [0.1, 0.15) is 5.75 Å². The average Bonchev–Trinajstić information content (AvgIpc) is 2.70. The Hall–Kier alpha value is -1.24. The molecule has 1 aromatic carbocycles. The van der Waals surface area contributed by atoms with Gasteiger partial charge in [-0.25, -0.2) is 0 Å². The van der Waals surface area contributed by atoms with Crippen molar-refractivity contribution in [2.24, 2.45) is 0 Å². The smallest absolute Gasteiger partial charge is 0.159 e. The third-order valence-corrected chi connectivity index (χ3v) is 3.90. The van der Waals surface area contributed by atoms with Crippen molar-refractivity contribution in [2.75, 3.05) is 12.8 Å². The second kappa shape index (κ2) is 5.60. The molecule has 0 bridgehead atoms. The Morgan fingerprint density at radius 1 is 1.44 bits per heavy atom. The molecule has 4 nitrogen and oxygen atoms in total. The highest BCUT2D eigenvalue weighted by atomic mass is 127. The molecular weight excluding hydrogens is 341 g/mol. The molecule has 96 valence electrons. The van der Waals surface area contributed by atoms with Crippen molar-refractivity contribution in [3.05, 3.63) is 27.3 Å². The van der Waals surface area contributed by atoms with E-state index in [1.54, 1.807) is 7.11 Å². The van der Waals surface area contributed by atoms with E-state index in [0.29, 0.717) is 5.82 Å². The van der Waals surface area contributed by atoms with Gasteiger partial charge in [0.2, 0.25) is 0 Å². The second-order valence-corrected chi connectivity index (χ2v) is 5.16. The quantitative estimate of drug-likeness (QED) is 0.826. The van der Waals surface area contributed by atoms with E-state index in [9.17, 15) is 0 Å². The first-order valence-electron chi connectivity index (χ1n) is 5.84. The summed E-state index contributed by atoms with van der Waals surface area (Å²) in [7, 11) is 1.67. The number of anilines is 1. The normalized spacial score (nSPS) is 10.6. The van der Waals surface area contributed by atoms with E-state index in [1.165, 1.54) is 5.56 Å². The first-order valence-corrected chi connectivity index (χ1v) is 6.91. The highest BCUT2D eigenvalue weighted by Gasteiger charge is 2.14. The Morgan fingerprint density at radius 2 is 2.22 bits per heavy atom. The number of benzene rings is 1. The maximum atomic E-state index is 5.78. The van der Waals surface area contributed by atoms with Gasteiger partial charge in [-0.05, 0) is 46.7 Å². The van der Waals surface area contributed by atoms with Crippen LogP contribution in [-0.4, -0.2) is 17.3 Å². The summed E-state index contributed by atoms with van der Waals surface area (Å²) < 4.78 is 6.34. The van der Waals surface area contributed by atoms with Gasteiger partial charge in [-0.3, -0.25) is 5.10 Å². The highest BCUT2D eigenvalue weighted by Crippen LogP contribution is 2.34. The molecule has 2 rings (SSSR count). The third kappa shape index (κ3) is 2.45. The summed E-state index contributed by atoms with van der Waals surface area (Å²) >= 11 is 2.20. The van der Waals surface area contributed by atoms with Gasteiger partial charge in [0.05, 0.1) is 16.4 Å². The lowest BCUT2D eigenvalue weighted by atomic mass is 10.0. The van der Waals surface area contributed by atoms with E-state index < -0.39 is 0 Å². The Balaban J connectivity index is 2.53. The molecule has 0 fully saturated rings. The van der Waals surface area contributed by atoms with Gasteiger partial charge in [-0.15, -0.1) is 0 Å². The SMILES string of the molecule is CCCc1ccc(OC)c(-c2[nH]nc(N)c2I)c1. The van der Waals surface area contributed by atoms with Gasteiger partial charge in [0, 0.05) is 5.56 Å². The van der Waals surface area contributed by atoms with Crippen LogP contribution in [0.1, 0.15) is 18.9 Å². The summed E-state index contributed by atoms with van der Waals surface area (Å²) in [5.74, 6) is 1.35. The monoisotopic (exact) mass is 357 g/mol. The predicted octanol–water partition coefficient (Wildman–Crippen LogP) is 3.22. The minimum Gasteiger partial charge on any atom is -0.496 e. The predicted molar refractivity (Wildman–Crippen MR) is 81.7 cm³/mol. The van der Waals surface area contributed by atoms with Gasteiger partial charge in [0.15, 0.2) is 5.82 Å². The molecule has 0 radical (unpaired) electrons. The van der Waals surface area contributed by atoms with Crippen LogP contribution in [0.4, 0.5) is 5.82 Å². The summed E-state index contributed by atoms with van der Waals surface area (Å²) in [6.07, 6.45) is 2.17. The molecule has 0 aliphatic heterocycles. The fraction of sp³-hybridized carbons (Fsp3) is 0.308. The van der Waals surface area contributed by atoms with E-state index in [0.717, 1.165) is 33.4 Å². The van der Waals surface area contributed by atoms with E-state index in [4.69, 9.17) is 10.5 Å². The number of nitrogens with zero attached hydrogens (tertiary/aromatic N) is 1. The van der Waals surface area contributed by atoms with E-state index in [-0.39, 0.29) is 0 Å². The number of nitrogens with one attached hydrogen (secondary N) is 1. The molecule has 5 heteroatoms. The molecule has 0 amide bonds. The topological polar surface area (TPSA) is 63.9 Å². The summed E-state index contributed by atoms with van der Waals surface area (Å²) in [5.41, 5.74) is 9.00. The summed E-state index contributed by atoms with van der Waals surface area (Å²) in [6, 6.07) is 6.23. The molecule has 0 aliphatic rings. The Morgan fingerprint density at radius 3 is 2.78 bits per heavy atom. The van der Waals surface area contributed by atoms with Crippen LogP contribution in [0.5, 0.6) is 5.75 Å². The lowest BCUT2D eigenvalue weighted by molar-refractivity contribution is 0.416. The van der Waals surface area contributed by atoms with Crippen molar-refractivity contribution < 1.29 is 4.74 Å². The van der Waals surface area contributed by atoms with Crippen molar-refractivity contribution in [1.82, 2.24) is 10.2 Å². The van der Waals surface area contributed by atoms with Gasteiger partial charge >= 0.3 is 0 Å². The largest absolute Gasteiger partial charge is 0.496 e. The molecule has 18 heavy (non-hydrogen) atoms. The van der Waals surface area contributed by atoms with Crippen LogP contribution in [-0.2, 0) is 6.42 Å². The number of H-pyrrole nitrogens is 1. The van der Waals surface area contributed by atoms with Gasteiger partial charge in [-0.2, -0.15) is 5.10 Å². The third-order valence-electron chi connectivity index (χ3n) is 2.80. The maximum absolute atomic E-state index is 5.78. The second-order valence-electron chi connectivity index (χ2n) is 4.08. The van der Waals surface area contributed by atoms with E-state index in [2.05, 4.69) is 51.8 Å². The number of halogens is 1. The summed E-state index contributed by atoms with van der Waals surface area (Å²) in [5, 5.41) is 7.00. The molecule has 0 saturated heterocycles. The number of nitrogen functional groups attached to an aromatic ring is 1. The number of hydrogen-bond donors (Lipinski definition) is 2. The summed E-state index contributed by atoms with van der Waals surface area (Å²) in [4.78, 5) is 0. The minimum absolute atomic E-state index is 0.522. The molecule has 0 saturated carbocycles. The molecule has 0 spiro atoms. The van der Waals surface area contributed by atoms with Crippen molar-refractivity contribution in [3.63, 3.8) is 0 Å². The average molecular weight is 357 g/mol. The highest BCUT2D eigenvalue weighted by molar-refractivity contribution is 14.1. The molecule has 1 heterocycles. The number of aromatic amines is 1. The van der Waals surface area contributed by atoms with Gasteiger partial charge < -0.3 is 10.5 Å². The van der Waals surface area contributed by atoms with Crippen LogP contribution >= 0.6 is 22.6 Å². The number of aryl methyl sites for hydroxylation is 1.